The van der Waals surface area contributed by atoms with Crippen molar-refractivity contribution in [2.24, 2.45) is 0 Å². The SMILES string of the molecule is CC(=O)Nc1cc(Oc2ccc(N)cc2)c(Cl)cc1F. The molecule has 3 N–H and O–H groups in total. The van der Waals surface area contributed by atoms with Gasteiger partial charge in [-0.05, 0) is 30.3 Å². The van der Waals surface area contributed by atoms with E-state index in [1.807, 2.05) is 0 Å². The molecule has 0 atom stereocenters. The first-order valence-corrected chi connectivity index (χ1v) is 6.13. The number of ether oxygens (including phenoxy) is 1. The molecule has 0 aliphatic carbocycles. The fourth-order valence-corrected chi connectivity index (χ4v) is 1.74. The van der Waals surface area contributed by atoms with Gasteiger partial charge in [0.2, 0.25) is 5.91 Å². The molecule has 0 radical (unpaired) electrons. The van der Waals surface area contributed by atoms with Crippen molar-refractivity contribution < 1.29 is 13.9 Å². The minimum Gasteiger partial charge on any atom is -0.456 e. The lowest BCUT2D eigenvalue weighted by Gasteiger charge is -2.11. The zero-order valence-electron chi connectivity index (χ0n) is 10.6. The van der Waals surface area contributed by atoms with Gasteiger partial charge in [0, 0.05) is 18.7 Å². The summed E-state index contributed by atoms with van der Waals surface area (Å²) in [6, 6.07) is 9.07. The van der Waals surface area contributed by atoms with E-state index in [2.05, 4.69) is 5.32 Å². The highest BCUT2D eigenvalue weighted by Crippen LogP contribution is 2.34. The van der Waals surface area contributed by atoms with Crippen LogP contribution in [0.4, 0.5) is 15.8 Å². The van der Waals surface area contributed by atoms with Crippen molar-refractivity contribution >= 4 is 28.9 Å². The lowest BCUT2D eigenvalue weighted by Crippen LogP contribution is -2.07. The fraction of sp³-hybridized carbons (Fsp3) is 0.0714. The van der Waals surface area contributed by atoms with E-state index in [0.717, 1.165) is 6.07 Å². The average Bonchev–Trinajstić information content (AvgIpc) is 2.37. The van der Waals surface area contributed by atoms with Gasteiger partial charge in [-0.2, -0.15) is 0 Å². The molecule has 0 saturated carbocycles. The Hall–Kier alpha value is -2.27. The van der Waals surface area contributed by atoms with Gasteiger partial charge in [-0.25, -0.2) is 4.39 Å². The molecular formula is C14H12ClFN2O2. The highest BCUT2D eigenvalue weighted by Gasteiger charge is 2.11. The summed E-state index contributed by atoms with van der Waals surface area (Å²) in [5, 5.41) is 2.47. The van der Waals surface area contributed by atoms with Gasteiger partial charge in [0.15, 0.2) is 0 Å². The Labute approximate surface area is 120 Å². The van der Waals surface area contributed by atoms with Crippen LogP contribution in [0.1, 0.15) is 6.92 Å². The van der Waals surface area contributed by atoms with Crippen LogP contribution in [-0.4, -0.2) is 5.91 Å². The fourth-order valence-electron chi connectivity index (χ4n) is 1.56. The van der Waals surface area contributed by atoms with Crippen LogP contribution in [0.5, 0.6) is 11.5 Å². The van der Waals surface area contributed by atoms with E-state index in [1.165, 1.54) is 13.0 Å². The molecule has 2 aromatic rings. The Kier molecular flexibility index (Phi) is 4.10. The van der Waals surface area contributed by atoms with Crippen LogP contribution in [-0.2, 0) is 4.79 Å². The molecule has 0 heterocycles. The zero-order chi connectivity index (χ0) is 14.7. The maximum absolute atomic E-state index is 13.6. The Balaban J connectivity index is 2.31. The standard InChI is InChI=1S/C14H12ClFN2O2/c1-8(19)18-13-7-14(11(15)6-12(13)16)20-10-4-2-9(17)3-5-10/h2-7H,17H2,1H3,(H,18,19). The topological polar surface area (TPSA) is 64.3 Å². The molecular weight excluding hydrogens is 283 g/mol. The Morgan fingerprint density at radius 1 is 1.30 bits per heavy atom. The quantitative estimate of drug-likeness (QED) is 0.846. The number of nitrogens with two attached hydrogens (primary N) is 1. The number of benzene rings is 2. The molecule has 20 heavy (non-hydrogen) atoms. The molecule has 1 amide bonds. The number of amides is 1. The predicted octanol–water partition coefficient (Wildman–Crippen LogP) is 3.81. The molecule has 2 rings (SSSR count). The number of carbonyl (C=O) groups excluding carboxylic acids is 1. The van der Waals surface area contributed by atoms with Gasteiger partial charge >= 0.3 is 0 Å². The number of halogens is 2. The summed E-state index contributed by atoms with van der Waals surface area (Å²) in [5.41, 5.74) is 6.18. The van der Waals surface area contributed by atoms with Crippen LogP contribution in [0.2, 0.25) is 5.02 Å². The third kappa shape index (κ3) is 3.39. The first-order chi connectivity index (χ1) is 9.45. The van der Waals surface area contributed by atoms with Gasteiger partial charge in [-0.3, -0.25) is 4.79 Å². The Morgan fingerprint density at radius 2 is 1.95 bits per heavy atom. The third-order valence-electron chi connectivity index (χ3n) is 2.44. The molecule has 0 aromatic heterocycles. The van der Waals surface area contributed by atoms with Crippen LogP contribution >= 0.6 is 11.6 Å². The summed E-state index contributed by atoms with van der Waals surface area (Å²) >= 11 is 5.92. The summed E-state index contributed by atoms with van der Waals surface area (Å²) in [7, 11) is 0. The Morgan fingerprint density at radius 3 is 2.55 bits per heavy atom. The molecule has 0 bridgehead atoms. The van der Waals surface area contributed by atoms with Crippen molar-refractivity contribution in [2.45, 2.75) is 6.92 Å². The van der Waals surface area contributed by atoms with Crippen molar-refractivity contribution in [2.75, 3.05) is 11.1 Å². The van der Waals surface area contributed by atoms with Crippen molar-refractivity contribution in [3.05, 3.63) is 47.2 Å². The summed E-state index contributed by atoms with van der Waals surface area (Å²) in [5.74, 6) is -0.275. The zero-order valence-corrected chi connectivity index (χ0v) is 11.4. The number of carbonyl (C=O) groups is 1. The second-order valence-corrected chi connectivity index (χ2v) is 4.52. The molecule has 0 unspecified atom stereocenters. The number of nitrogen functional groups attached to an aromatic ring is 1. The number of hydrogen-bond acceptors (Lipinski definition) is 3. The molecule has 0 spiro atoms. The summed E-state index contributed by atoms with van der Waals surface area (Å²) in [6.45, 7) is 1.29. The molecule has 6 heteroatoms. The van der Waals surface area contributed by atoms with Crippen LogP contribution in [0.15, 0.2) is 36.4 Å². The monoisotopic (exact) mass is 294 g/mol. The first kappa shape index (κ1) is 14.1. The second-order valence-electron chi connectivity index (χ2n) is 4.11. The Bertz CT molecular complexity index is 644. The van der Waals surface area contributed by atoms with Crippen LogP contribution < -0.4 is 15.8 Å². The number of anilines is 2. The van der Waals surface area contributed by atoms with Gasteiger partial charge in [-0.1, -0.05) is 11.6 Å². The second kappa shape index (κ2) is 5.79. The molecule has 104 valence electrons. The van der Waals surface area contributed by atoms with Gasteiger partial charge < -0.3 is 15.8 Å². The smallest absolute Gasteiger partial charge is 0.221 e. The predicted molar refractivity (Wildman–Crippen MR) is 76.6 cm³/mol. The van der Waals surface area contributed by atoms with Gasteiger partial charge in [-0.15, -0.1) is 0 Å². The van der Waals surface area contributed by atoms with E-state index in [9.17, 15) is 9.18 Å². The average molecular weight is 295 g/mol. The first-order valence-electron chi connectivity index (χ1n) is 5.76. The van der Waals surface area contributed by atoms with Crippen molar-refractivity contribution in [1.82, 2.24) is 0 Å². The highest BCUT2D eigenvalue weighted by molar-refractivity contribution is 6.32. The molecule has 2 aromatic carbocycles. The summed E-state index contributed by atoms with van der Waals surface area (Å²) in [4.78, 5) is 11.0. The number of nitrogens with one attached hydrogen (secondary N) is 1. The third-order valence-corrected chi connectivity index (χ3v) is 2.74. The van der Waals surface area contributed by atoms with Crippen molar-refractivity contribution in [3.63, 3.8) is 0 Å². The summed E-state index contributed by atoms with van der Waals surface area (Å²) in [6.07, 6.45) is 0. The normalized spacial score (nSPS) is 10.2. The van der Waals surface area contributed by atoms with Gasteiger partial charge in [0.25, 0.3) is 0 Å². The molecule has 0 aliphatic heterocycles. The molecule has 0 saturated heterocycles. The maximum Gasteiger partial charge on any atom is 0.221 e. The number of hydrogen-bond donors (Lipinski definition) is 2. The van der Waals surface area contributed by atoms with Crippen molar-refractivity contribution in [3.8, 4) is 11.5 Å². The van der Waals surface area contributed by atoms with E-state index in [0.29, 0.717) is 11.4 Å². The number of rotatable bonds is 3. The van der Waals surface area contributed by atoms with Crippen LogP contribution in [0.3, 0.4) is 0 Å². The van der Waals surface area contributed by atoms with E-state index >= 15 is 0 Å². The van der Waals surface area contributed by atoms with E-state index in [4.69, 9.17) is 22.1 Å². The lowest BCUT2D eigenvalue weighted by atomic mass is 10.2. The van der Waals surface area contributed by atoms with E-state index in [-0.39, 0.29) is 22.4 Å². The largest absolute Gasteiger partial charge is 0.456 e. The molecule has 4 nitrogen and oxygen atoms in total. The van der Waals surface area contributed by atoms with E-state index in [1.54, 1.807) is 24.3 Å². The minimum absolute atomic E-state index is 0.00680. The van der Waals surface area contributed by atoms with Crippen molar-refractivity contribution in [1.29, 1.82) is 0 Å². The van der Waals surface area contributed by atoms with Gasteiger partial charge in [0.05, 0.1) is 10.7 Å². The van der Waals surface area contributed by atoms with Gasteiger partial charge in [0.1, 0.15) is 17.3 Å². The van der Waals surface area contributed by atoms with Crippen LogP contribution in [0, 0.1) is 5.82 Å². The molecule has 0 fully saturated rings. The maximum atomic E-state index is 13.6. The summed E-state index contributed by atoms with van der Waals surface area (Å²) < 4.78 is 19.1. The van der Waals surface area contributed by atoms with Crippen LogP contribution in [0.25, 0.3) is 0 Å². The lowest BCUT2D eigenvalue weighted by molar-refractivity contribution is -0.114. The van der Waals surface area contributed by atoms with E-state index < -0.39 is 5.82 Å². The highest BCUT2D eigenvalue weighted by atomic mass is 35.5. The minimum atomic E-state index is -0.630. The molecule has 0 aliphatic rings.